The minimum Gasteiger partial charge on any atom is -0.487 e. The van der Waals surface area contributed by atoms with E-state index in [2.05, 4.69) is 41.2 Å². The number of alkyl halides is 3. The molecule has 0 saturated heterocycles. The summed E-state index contributed by atoms with van der Waals surface area (Å²) in [4.78, 5) is 8.55. The number of benzene rings is 2. The van der Waals surface area contributed by atoms with E-state index in [0.717, 1.165) is 42.4 Å². The van der Waals surface area contributed by atoms with Gasteiger partial charge in [0.15, 0.2) is 17.7 Å². The Morgan fingerprint density at radius 3 is 1.89 bits per heavy atom. The third kappa shape index (κ3) is 9.47. The first-order valence-electron chi connectivity index (χ1n) is 13.2. The summed E-state index contributed by atoms with van der Waals surface area (Å²) in [7, 11) is 0. The van der Waals surface area contributed by atoms with E-state index >= 15 is 0 Å². The van der Waals surface area contributed by atoms with Crippen molar-refractivity contribution in [2.24, 2.45) is 0 Å². The van der Waals surface area contributed by atoms with E-state index in [9.17, 15) is 13.2 Å². The average Bonchev–Trinajstić information content (AvgIpc) is 2.90. The molecule has 0 aliphatic heterocycles. The van der Waals surface area contributed by atoms with E-state index in [4.69, 9.17) is 9.47 Å². The fourth-order valence-electron chi connectivity index (χ4n) is 3.96. The molecule has 0 aliphatic rings. The molecule has 3 aromatic rings. The van der Waals surface area contributed by atoms with E-state index in [1.54, 1.807) is 0 Å². The molecule has 0 fully saturated rings. The van der Waals surface area contributed by atoms with Crippen molar-refractivity contribution in [1.29, 1.82) is 0 Å². The molecule has 37 heavy (non-hydrogen) atoms. The molecule has 0 spiro atoms. The van der Waals surface area contributed by atoms with Crippen LogP contribution in [0.25, 0.3) is 22.5 Å². The largest absolute Gasteiger partial charge is 0.487 e. The molecule has 1 atom stereocenters. The van der Waals surface area contributed by atoms with Crippen LogP contribution in [0.4, 0.5) is 13.2 Å². The maximum atomic E-state index is 13.3. The Morgan fingerprint density at radius 1 is 0.730 bits per heavy atom. The van der Waals surface area contributed by atoms with Crippen LogP contribution in [0.2, 0.25) is 0 Å². The molecule has 0 radical (unpaired) electrons. The van der Waals surface area contributed by atoms with Crippen LogP contribution in [0, 0.1) is 0 Å². The van der Waals surface area contributed by atoms with Crippen molar-refractivity contribution in [3.8, 4) is 28.3 Å². The Balaban J connectivity index is 1.54. The van der Waals surface area contributed by atoms with Gasteiger partial charge in [-0.25, -0.2) is 9.97 Å². The summed E-state index contributed by atoms with van der Waals surface area (Å²) in [5.74, 6) is 0.646. The van der Waals surface area contributed by atoms with Crippen LogP contribution in [0.1, 0.15) is 64.4 Å². The number of aromatic nitrogens is 2. The average molecular weight is 515 g/mol. The number of rotatable bonds is 15. The van der Waals surface area contributed by atoms with Crippen molar-refractivity contribution in [3.05, 3.63) is 66.5 Å². The second-order valence-electron chi connectivity index (χ2n) is 9.25. The van der Waals surface area contributed by atoms with Gasteiger partial charge in [0.2, 0.25) is 0 Å². The molecular weight excluding hydrogens is 477 g/mol. The second-order valence-corrected chi connectivity index (χ2v) is 9.25. The minimum atomic E-state index is -4.50. The van der Waals surface area contributed by atoms with Crippen molar-refractivity contribution < 1.29 is 22.6 Å². The maximum Gasteiger partial charge on any atom is 0.417 e. The van der Waals surface area contributed by atoms with Crippen LogP contribution >= 0.6 is 0 Å². The number of hydrogen-bond acceptors (Lipinski definition) is 4. The molecule has 3 rings (SSSR count). The van der Waals surface area contributed by atoms with Gasteiger partial charge in [-0.05, 0) is 36.0 Å². The van der Waals surface area contributed by atoms with Gasteiger partial charge in [-0.15, -0.1) is 0 Å². The lowest BCUT2D eigenvalue weighted by atomic mass is 10.0. The molecule has 0 aliphatic carbocycles. The van der Waals surface area contributed by atoms with Crippen molar-refractivity contribution in [1.82, 2.24) is 9.97 Å². The summed E-state index contributed by atoms with van der Waals surface area (Å²) in [6.45, 7) is 3.68. The van der Waals surface area contributed by atoms with Gasteiger partial charge in [0.1, 0.15) is 6.61 Å². The Bertz CT molecular complexity index is 1040. The predicted molar refractivity (Wildman–Crippen MR) is 142 cm³/mol. The zero-order chi connectivity index (χ0) is 26.5. The maximum absolute atomic E-state index is 13.3. The first-order chi connectivity index (χ1) is 17.9. The number of hydrogen-bond donors (Lipinski definition) is 0. The summed E-state index contributed by atoms with van der Waals surface area (Å²) in [5.41, 5.74) is 4.40. The van der Waals surface area contributed by atoms with Gasteiger partial charge >= 0.3 is 6.18 Å². The summed E-state index contributed by atoms with van der Waals surface area (Å²) < 4.78 is 50.2. The molecular formula is C30H37F3N2O2. The van der Waals surface area contributed by atoms with E-state index < -0.39 is 18.9 Å². The van der Waals surface area contributed by atoms with E-state index in [1.807, 2.05) is 31.2 Å². The van der Waals surface area contributed by atoms with E-state index in [0.29, 0.717) is 12.2 Å². The fourth-order valence-corrected chi connectivity index (χ4v) is 3.96. The Morgan fingerprint density at radius 2 is 1.30 bits per heavy atom. The van der Waals surface area contributed by atoms with Crippen molar-refractivity contribution in [3.63, 3.8) is 0 Å². The molecule has 1 unspecified atom stereocenters. The Hall–Kier alpha value is -2.93. The Kier molecular flexibility index (Phi) is 11.4. The summed E-state index contributed by atoms with van der Waals surface area (Å²) in [6.07, 6.45) is 4.53. The molecule has 0 N–H and O–H groups in total. The number of aryl methyl sites for hydroxylation is 1. The fraction of sp³-hybridized carbons (Fsp3) is 0.467. The third-order valence-electron chi connectivity index (χ3n) is 6.21. The first-order valence-corrected chi connectivity index (χ1v) is 13.2. The quantitative estimate of drug-likeness (QED) is 0.191. The number of unbranched alkanes of at least 4 members (excludes halogenated alkanes) is 5. The summed E-state index contributed by atoms with van der Waals surface area (Å²) in [5, 5.41) is 0. The zero-order valence-electron chi connectivity index (χ0n) is 21.8. The highest BCUT2D eigenvalue weighted by atomic mass is 19.4. The summed E-state index contributed by atoms with van der Waals surface area (Å²) in [6, 6.07) is 16.5. The molecule has 2 aromatic carbocycles. The highest BCUT2D eigenvalue weighted by Gasteiger charge is 2.41. The first kappa shape index (κ1) is 28.6. The normalized spacial score (nSPS) is 12.5. The molecule has 7 heteroatoms. The van der Waals surface area contributed by atoms with E-state index in [-0.39, 0.29) is 12.4 Å². The lowest BCUT2D eigenvalue weighted by molar-refractivity contribution is -0.227. The summed E-state index contributed by atoms with van der Waals surface area (Å²) >= 11 is 0. The van der Waals surface area contributed by atoms with Crippen LogP contribution in [-0.2, 0) is 11.2 Å². The molecule has 1 aromatic heterocycles. The van der Waals surface area contributed by atoms with Gasteiger partial charge in [-0.1, -0.05) is 94.5 Å². The number of ether oxygens (including phenoxy) is 2. The topological polar surface area (TPSA) is 44.2 Å². The molecule has 1 heterocycles. The van der Waals surface area contributed by atoms with Gasteiger partial charge in [0.25, 0.3) is 0 Å². The van der Waals surface area contributed by atoms with Crippen LogP contribution in [0.3, 0.4) is 0 Å². The molecule has 0 amide bonds. The van der Waals surface area contributed by atoms with Gasteiger partial charge < -0.3 is 9.47 Å². The van der Waals surface area contributed by atoms with E-state index in [1.165, 1.54) is 37.2 Å². The zero-order valence-corrected chi connectivity index (χ0v) is 21.8. The SMILES string of the molecule is CCCCCCOC(COc1cnc(-c2ccc(-c3ccc(CCCCC)cc3)cc2)nc1)C(F)(F)F. The molecule has 0 bridgehead atoms. The standard InChI is InChI=1S/C30H37F3N2O2/c1-3-5-7-9-19-36-28(30(31,32)33)22-37-27-20-34-29(35-21-27)26-17-15-25(16-18-26)24-13-11-23(12-14-24)10-8-6-4-2/h11-18,20-21,28H,3-10,19,22H2,1-2H3. The Labute approximate surface area is 218 Å². The minimum absolute atomic E-state index is 0.0576. The van der Waals surface area contributed by atoms with Crippen LogP contribution in [-0.4, -0.2) is 35.5 Å². The highest BCUT2D eigenvalue weighted by Crippen LogP contribution is 2.26. The van der Waals surface area contributed by atoms with Crippen LogP contribution in [0.15, 0.2) is 60.9 Å². The monoisotopic (exact) mass is 514 g/mol. The van der Waals surface area contributed by atoms with Crippen molar-refractivity contribution >= 4 is 0 Å². The van der Waals surface area contributed by atoms with Gasteiger partial charge in [0.05, 0.1) is 12.4 Å². The van der Waals surface area contributed by atoms with Gasteiger partial charge in [0, 0.05) is 12.2 Å². The molecule has 200 valence electrons. The van der Waals surface area contributed by atoms with Gasteiger partial charge in [-0.2, -0.15) is 13.2 Å². The lowest BCUT2D eigenvalue weighted by Gasteiger charge is -2.21. The van der Waals surface area contributed by atoms with Crippen molar-refractivity contribution in [2.75, 3.05) is 13.2 Å². The van der Waals surface area contributed by atoms with Crippen molar-refractivity contribution in [2.45, 2.75) is 77.5 Å². The van der Waals surface area contributed by atoms with Gasteiger partial charge in [-0.3, -0.25) is 0 Å². The van der Waals surface area contributed by atoms with Crippen LogP contribution < -0.4 is 4.74 Å². The lowest BCUT2D eigenvalue weighted by Crippen LogP contribution is -2.37. The third-order valence-corrected chi connectivity index (χ3v) is 6.21. The number of halogens is 3. The molecule has 0 saturated carbocycles. The van der Waals surface area contributed by atoms with Crippen LogP contribution in [0.5, 0.6) is 5.75 Å². The predicted octanol–water partition coefficient (Wildman–Crippen LogP) is 8.45. The number of nitrogens with zero attached hydrogens (tertiary/aromatic N) is 2. The molecule has 4 nitrogen and oxygen atoms in total. The highest BCUT2D eigenvalue weighted by molar-refractivity contribution is 5.67. The smallest absolute Gasteiger partial charge is 0.417 e. The second kappa shape index (κ2) is 14.7.